The molecule has 0 aromatic rings. The first-order valence-electron chi connectivity index (χ1n) is 21.1. The molecule has 0 nitrogen and oxygen atoms in total. The molecule has 0 amide bonds. The monoisotopic (exact) mass is 605 g/mol. The molecule has 0 atom stereocenters. The van der Waals surface area contributed by atoms with Gasteiger partial charge < -0.3 is 0 Å². The van der Waals surface area contributed by atoms with Gasteiger partial charge in [0.25, 0.3) is 0 Å². The van der Waals surface area contributed by atoms with Crippen LogP contribution in [0.2, 0.25) is 0 Å². The highest BCUT2D eigenvalue weighted by Gasteiger charge is 2.16. The maximum absolute atomic E-state index is 2.54. The van der Waals surface area contributed by atoms with Crippen LogP contribution in [0.15, 0.2) is 0 Å². The van der Waals surface area contributed by atoms with Crippen molar-refractivity contribution in [3.8, 4) is 0 Å². The Bertz CT molecular complexity index is 434. The second-order valence-electron chi connectivity index (χ2n) is 15.7. The third-order valence-corrected chi connectivity index (χ3v) is 10.4. The maximum atomic E-state index is 2.54. The van der Waals surface area contributed by atoms with Gasteiger partial charge in [-0.3, -0.25) is 0 Å². The number of hydrogen-bond donors (Lipinski definition) is 0. The summed E-state index contributed by atoms with van der Waals surface area (Å²) in [6, 6.07) is 0. The van der Waals surface area contributed by atoms with Crippen LogP contribution in [0.3, 0.4) is 0 Å². The normalized spacial score (nSPS) is 12.0. The number of hydrogen-bond acceptors (Lipinski definition) is 0. The molecule has 0 radical (unpaired) electrons. The van der Waals surface area contributed by atoms with Crippen LogP contribution < -0.4 is 0 Å². The Balaban J connectivity index is 3.25. The molecule has 0 fully saturated rings. The quantitative estimate of drug-likeness (QED) is 0.0615. The minimum atomic E-state index is 0.574. The zero-order valence-electron chi connectivity index (χ0n) is 31.4. The second-order valence-corrected chi connectivity index (χ2v) is 15.7. The van der Waals surface area contributed by atoms with E-state index >= 15 is 0 Å². The highest BCUT2D eigenvalue weighted by molar-refractivity contribution is 4.69. The highest BCUT2D eigenvalue weighted by Crippen LogP contribution is 2.30. The number of unbranched alkanes of at least 4 members (excludes halogenated alkanes) is 34. The van der Waals surface area contributed by atoms with Crippen molar-refractivity contribution < 1.29 is 0 Å². The van der Waals surface area contributed by atoms with Gasteiger partial charge in [0.15, 0.2) is 0 Å². The fraction of sp³-hybridized carbons (Fsp3) is 1.00. The molecule has 0 aromatic carbocycles. The van der Waals surface area contributed by atoms with E-state index in [0.29, 0.717) is 5.41 Å². The molecule has 0 bridgehead atoms. The molecule has 0 aliphatic heterocycles. The van der Waals surface area contributed by atoms with E-state index in [-0.39, 0.29) is 0 Å². The molecule has 0 aromatic heterocycles. The lowest BCUT2D eigenvalue weighted by Crippen LogP contribution is -2.11. The molecule has 0 saturated carbocycles. The van der Waals surface area contributed by atoms with Crippen LogP contribution in [-0.4, -0.2) is 0 Å². The molecule has 260 valence electrons. The Morgan fingerprint density at radius 2 is 0.349 bits per heavy atom. The van der Waals surface area contributed by atoms with E-state index in [1.54, 1.807) is 0 Å². The van der Waals surface area contributed by atoms with Gasteiger partial charge in [-0.2, -0.15) is 0 Å². The lowest BCUT2D eigenvalue weighted by molar-refractivity contribution is 0.282. The Hall–Kier alpha value is 0. The van der Waals surface area contributed by atoms with Crippen molar-refractivity contribution in [1.82, 2.24) is 0 Å². The fourth-order valence-electron chi connectivity index (χ4n) is 7.14. The van der Waals surface area contributed by atoms with Crippen molar-refractivity contribution >= 4 is 0 Å². The van der Waals surface area contributed by atoms with E-state index in [1.807, 2.05) is 0 Å². The van der Waals surface area contributed by atoms with Gasteiger partial charge in [0, 0.05) is 0 Å². The first-order chi connectivity index (χ1) is 21.1. The molecule has 0 heteroatoms. The summed E-state index contributed by atoms with van der Waals surface area (Å²) in [5.74, 6) is 0. The maximum Gasteiger partial charge on any atom is -0.0354 e. The molecule has 0 spiro atoms. The van der Waals surface area contributed by atoms with Crippen LogP contribution in [0.4, 0.5) is 0 Å². The Morgan fingerprint density at radius 3 is 0.512 bits per heavy atom. The van der Waals surface area contributed by atoms with E-state index in [9.17, 15) is 0 Å². The zero-order valence-corrected chi connectivity index (χ0v) is 31.4. The minimum Gasteiger partial charge on any atom is -0.0654 e. The molecule has 0 rings (SSSR count). The molecule has 0 aliphatic carbocycles. The van der Waals surface area contributed by atoms with Crippen LogP contribution in [0.1, 0.15) is 272 Å². The molecule has 43 heavy (non-hydrogen) atoms. The van der Waals surface area contributed by atoms with Crippen LogP contribution in [-0.2, 0) is 0 Å². The van der Waals surface area contributed by atoms with Gasteiger partial charge in [-0.15, -0.1) is 0 Å². The largest absolute Gasteiger partial charge is 0.0654 e. The summed E-state index contributed by atoms with van der Waals surface area (Å²) < 4.78 is 0. The van der Waals surface area contributed by atoms with Crippen molar-refractivity contribution in [2.24, 2.45) is 5.41 Å². The van der Waals surface area contributed by atoms with Crippen LogP contribution in [0.5, 0.6) is 0 Å². The average Bonchev–Trinajstić information content (AvgIpc) is 3.00. The van der Waals surface area contributed by atoms with Crippen LogP contribution in [0.25, 0.3) is 0 Å². The van der Waals surface area contributed by atoms with Gasteiger partial charge in [-0.05, 0) is 18.3 Å². The van der Waals surface area contributed by atoms with Gasteiger partial charge in [-0.25, -0.2) is 0 Å². The van der Waals surface area contributed by atoms with E-state index in [4.69, 9.17) is 0 Å². The summed E-state index contributed by atoms with van der Waals surface area (Å²) >= 11 is 0. The summed E-state index contributed by atoms with van der Waals surface area (Å²) in [5.41, 5.74) is 0.574. The fourth-order valence-corrected chi connectivity index (χ4v) is 7.14. The molecule has 0 unspecified atom stereocenters. The summed E-state index contributed by atoms with van der Waals surface area (Å²) in [5, 5.41) is 0. The summed E-state index contributed by atoms with van der Waals surface area (Å²) in [6.07, 6.45) is 56.0. The first-order valence-corrected chi connectivity index (χ1v) is 21.1. The molecule has 0 aliphatic rings. The van der Waals surface area contributed by atoms with E-state index < -0.39 is 0 Å². The van der Waals surface area contributed by atoms with Gasteiger partial charge in [-0.1, -0.05) is 259 Å². The molecule has 0 heterocycles. The summed E-state index contributed by atoms with van der Waals surface area (Å²) in [4.78, 5) is 0. The predicted octanol–water partition coefficient (Wildman–Crippen LogP) is 16.9. The third-order valence-electron chi connectivity index (χ3n) is 10.4. The average molecular weight is 605 g/mol. The summed E-state index contributed by atoms with van der Waals surface area (Å²) in [7, 11) is 0. The molecular formula is C43H88. The van der Waals surface area contributed by atoms with E-state index in [0.717, 1.165) is 0 Å². The number of rotatable bonds is 38. The van der Waals surface area contributed by atoms with Gasteiger partial charge in [0.05, 0.1) is 0 Å². The molecule has 0 saturated heterocycles. The van der Waals surface area contributed by atoms with E-state index in [2.05, 4.69) is 27.7 Å². The topological polar surface area (TPSA) is 0 Å². The van der Waals surface area contributed by atoms with Crippen molar-refractivity contribution in [1.29, 1.82) is 0 Å². The zero-order chi connectivity index (χ0) is 31.4. The Labute approximate surface area is 276 Å². The smallest absolute Gasteiger partial charge is 0.0354 e. The second kappa shape index (κ2) is 36.5. The van der Waals surface area contributed by atoms with Crippen molar-refractivity contribution in [3.63, 3.8) is 0 Å². The van der Waals surface area contributed by atoms with Gasteiger partial charge in [0.2, 0.25) is 0 Å². The predicted molar refractivity (Wildman–Crippen MR) is 201 cm³/mol. The van der Waals surface area contributed by atoms with Crippen molar-refractivity contribution in [2.75, 3.05) is 0 Å². The van der Waals surface area contributed by atoms with Crippen LogP contribution >= 0.6 is 0 Å². The van der Waals surface area contributed by atoms with Gasteiger partial charge in [0.1, 0.15) is 0 Å². The highest BCUT2D eigenvalue weighted by atomic mass is 14.2. The van der Waals surface area contributed by atoms with Crippen molar-refractivity contribution in [2.45, 2.75) is 272 Å². The Morgan fingerprint density at radius 1 is 0.209 bits per heavy atom. The SMILES string of the molecule is CCCCCCCCCCCCCCCCCCCCC(C)(C)CCCCCCCCCCCCCCCCCCCC. The van der Waals surface area contributed by atoms with E-state index in [1.165, 1.54) is 244 Å². The van der Waals surface area contributed by atoms with Crippen molar-refractivity contribution in [3.05, 3.63) is 0 Å². The lowest BCUT2D eigenvalue weighted by Gasteiger charge is -2.24. The minimum absolute atomic E-state index is 0.574. The van der Waals surface area contributed by atoms with Crippen LogP contribution in [0, 0.1) is 5.41 Å². The summed E-state index contributed by atoms with van der Waals surface area (Å²) in [6.45, 7) is 9.69. The first kappa shape index (κ1) is 43.0. The molecule has 0 N–H and O–H groups in total. The molecular weight excluding hydrogens is 516 g/mol. The standard InChI is InChI=1S/C43H88/c1-5-7-9-11-13-15-17-19-21-23-25-27-29-31-33-35-37-39-41-43(3,4)42-40-38-36-34-32-30-28-26-24-22-20-18-16-14-12-10-8-6-2/h5-42H2,1-4H3. The lowest BCUT2D eigenvalue weighted by atomic mass is 9.81. The third kappa shape index (κ3) is 38.1. The van der Waals surface area contributed by atoms with Gasteiger partial charge >= 0.3 is 0 Å². The Kier molecular flexibility index (Phi) is 36.5.